The van der Waals surface area contributed by atoms with Gasteiger partial charge in [0.2, 0.25) is 5.91 Å². The molecule has 0 aromatic rings. The smallest absolute Gasteiger partial charge is 0.316 e. The fourth-order valence-electron chi connectivity index (χ4n) is 8.82. The number of Topliss-reactive ketones (excluding diaryl/α,β-unsaturated/α-hetero) is 1. The lowest BCUT2D eigenvalue weighted by Crippen LogP contribution is -2.63. The number of carbonyl (C=O) groups is 3. The number of hydrogen-bond acceptors (Lipinski definition) is 7. The molecule has 0 spiro atoms. The van der Waals surface area contributed by atoms with E-state index in [-0.39, 0.29) is 52.5 Å². The molecular weight excluding hydrogens is 536 g/mol. The first-order chi connectivity index (χ1) is 19.2. The van der Waals surface area contributed by atoms with Gasteiger partial charge in [-0.25, -0.2) is 0 Å². The van der Waals surface area contributed by atoms with Crippen LogP contribution in [0.3, 0.4) is 0 Å². The minimum Gasteiger partial charge on any atom is -0.461 e. The van der Waals surface area contributed by atoms with Crippen molar-refractivity contribution in [1.82, 2.24) is 4.90 Å². The Bertz CT molecular complexity index is 1010. The molecule has 8 heteroatoms. The lowest BCUT2D eigenvalue weighted by atomic mass is 9.44. The molecule has 1 heterocycles. The summed E-state index contributed by atoms with van der Waals surface area (Å²) in [6.07, 6.45) is 6.23. The molecule has 1 amide bonds. The second kappa shape index (κ2) is 12.3. The van der Waals surface area contributed by atoms with Gasteiger partial charge < -0.3 is 20.5 Å². The van der Waals surface area contributed by atoms with Gasteiger partial charge in [0, 0.05) is 36.3 Å². The van der Waals surface area contributed by atoms with E-state index in [1.54, 1.807) is 11.8 Å². The van der Waals surface area contributed by atoms with E-state index in [0.717, 1.165) is 37.9 Å². The van der Waals surface area contributed by atoms with E-state index in [1.807, 2.05) is 31.7 Å². The summed E-state index contributed by atoms with van der Waals surface area (Å²) in [5, 5.41) is 11.7. The highest BCUT2D eigenvalue weighted by molar-refractivity contribution is 7.99. The van der Waals surface area contributed by atoms with Gasteiger partial charge >= 0.3 is 5.97 Å². The Kier molecular flexibility index (Phi) is 9.77. The number of nitrogens with two attached hydrogens (primary N) is 1. The number of hydrogen-bond donors (Lipinski definition) is 2. The third-order valence-corrected chi connectivity index (χ3v) is 13.2. The van der Waals surface area contributed by atoms with Gasteiger partial charge in [-0.3, -0.25) is 14.4 Å². The highest BCUT2D eigenvalue weighted by Gasteiger charge is 2.68. The first kappa shape index (κ1) is 32.5. The van der Waals surface area contributed by atoms with Crippen molar-refractivity contribution < 1.29 is 24.2 Å². The normalized spacial score (nSPS) is 40.5. The van der Waals surface area contributed by atoms with Crippen molar-refractivity contribution in [3.05, 3.63) is 12.7 Å². The number of aliphatic hydroxyl groups excluding tert-OH is 1. The molecule has 0 radical (unpaired) electrons. The molecule has 0 aromatic heterocycles. The Balaban J connectivity index is 1.42. The maximum atomic E-state index is 13.6. The fraction of sp³-hybridized carbons (Fsp3) is 0.848. The first-order valence-electron chi connectivity index (χ1n) is 15.9. The number of piperidine rings is 1. The summed E-state index contributed by atoms with van der Waals surface area (Å²) in [6.45, 7) is 18.0. The van der Waals surface area contributed by atoms with E-state index in [4.69, 9.17) is 10.5 Å². The van der Waals surface area contributed by atoms with E-state index in [1.165, 1.54) is 0 Å². The van der Waals surface area contributed by atoms with Gasteiger partial charge in [0.05, 0.1) is 17.9 Å². The standard InChI is InChI=1S/C33H54N2O5S/c1-8-31(6)17-25(32(7)21(4)9-13-33(22(5)29(31)38)14-10-24(36)28(32)33)40-26(37)19-41-18-23-11-15-35(16-12-23)30(39)27(34)20(2)3/h8,20-23,25,27-29,38H,1,9-19,34H2,2-7H3/t21?,22-,25+,27?,28?,29?,31+,32-,33?/m0/s1. The summed E-state index contributed by atoms with van der Waals surface area (Å²) < 4.78 is 6.37. The molecule has 1 saturated heterocycles. The zero-order valence-electron chi connectivity index (χ0n) is 26.2. The monoisotopic (exact) mass is 590 g/mol. The van der Waals surface area contributed by atoms with Gasteiger partial charge in [-0.15, -0.1) is 18.3 Å². The number of amides is 1. The van der Waals surface area contributed by atoms with Crippen LogP contribution in [-0.4, -0.2) is 70.5 Å². The van der Waals surface area contributed by atoms with Crippen molar-refractivity contribution in [3.63, 3.8) is 0 Å². The summed E-state index contributed by atoms with van der Waals surface area (Å²) in [5.74, 6) is 1.71. The average Bonchev–Trinajstić information content (AvgIpc) is 3.30. The van der Waals surface area contributed by atoms with Crippen LogP contribution in [0.25, 0.3) is 0 Å². The number of ether oxygens (including phenoxy) is 1. The van der Waals surface area contributed by atoms with Crippen molar-refractivity contribution in [2.45, 2.75) is 105 Å². The third kappa shape index (κ3) is 5.78. The number of esters is 1. The van der Waals surface area contributed by atoms with Crippen molar-refractivity contribution in [1.29, 1.82) is 0 Å². The zero-order chi connectivity index (χ0) is 30.3. The van der Waals surface area contributed by atoms with Crippen LogP contribution >= 0.6 is 11.8 Å². The largest absolute Gasteiger partial charge is 0.461 e. The van der Waals surface area contributed by atoms with Gasteiger partial charge in [-0.2, -0.15) is 0 Å². The summed E-state index contributed by atoms with van der Waals surface area (Å²) in [5.41, 5.74) is 4.70. The lowest BCUT2D eigenvalue weighted by molar-refractivity contribution is -0.205. The average molecular weight is 591 g/mol. The van der Waals surface area contributed by atoms with E-state index >= 15 is 0 Å². The van der Waals surface area contributed by atoms with Gasteiger partial charge in [-0.1, -0.05) is 47.6 Å². The van der Waals surface area contributed by atoms with Crippen LogP contribution in [-0.2, 0) is 19.1 Å². The predicted octanol–water partition coefficient (Wildman–Crippen LogP) is 4.85. The summed E-state index contributed by atoms with van der Waals surface area (Å²) in [6, 6.07) is -0.449. The Morgan fingerprint density at radius 3 is 2.46 bits per heavy atom. The van der Waals surface area contributed by atoms with E-state index in [9.17, 15) is 19.5 Å². The number of nitrogens with zero attached hydrogens (tertiary/aromatic N) is 1. The number of rotatable bonds is 8. The van der Waals surface area contributed by atoms with Gasteiger partial charge in [0.15, 0.2) is 0 Å². The third-order valence-electron chi connectivity index (χ3n) is 12.1. The zero-order valence-corrected chi connectivity index (χ0v) is 27.0. The second-order valence-corrected chi connectivity index (χ2v) is 15.6. The molecule has 3 N–H and O–H groups in total. The lowest BCUT2D eigenvalue weighted by Gasteiger charge is -2.61. The molecule has 4 rings (SSSR count). The molecule has 4 fully saturated rings. The minimum absolute atomic E-state index is 0.0371. The van der Waals surface area contributed by atoms with Crippen LogP contribution in [0, 0.1) is 45.8 Å². The van der Waals surface area contributed by atoms with Crippen LogP contribution in [0.15, 0.2) is 12.7 Å². The van der Waals surface area contributed by atoms with Gasteiger partial charge in [-0.05, 0) is 73.4 Å². The van der Waals surface area contributed by atoms with E-state index in [0.29, 0.717) is 31.8 Å². The molecule has 3 saturated carbocycles. The van der Waals surface area contributed by atoms with Crippen LogP contribution in [0.1, 0.15) is 86.5 Å². The molecular formula is C33H54N2O5S. The van der Waals surface area contributed by atoms with Crippen molar-refractivity contribution in [3.8, 4) is 0 Å². The van der Waals surface area contributed by atoms with Crippen LogP contribution in [0.4, 0.5) is 0 Å². The summed E-state index contributed by atoms with van der Waals surface area (Å²) >= 11 is 1.60. The topological polar surface area (TPSA) is 110 Å². The summed E-state index contributed by atoms with van der Waals surface area (Å²) in [7, 11) is 0. The molecule has 5 unspecified atom stereocenters. The number of carbonyl (C=O) groups excluding carboxylic acids is 3. The molecule has 1 aliphatic heterocycles. The van der Waals surface area contributed by atoms with Crippen molar-refractivity contribution >= 4 is 29.4 Å². The molecule has 9 atom stereocenters. The Hall–Kier alpha value is -1.38. The number of likely N-dealkylation sites (tertiary alicyclic amines) is 1. The molecule has 4 aliphatic rings. The van der Waals surface area contributed by atoms with Crippen LogP contribution in [0.5, 0.6) is 0 Å². The molecule has 2 bridgehead atoms. The maximum absolute atomic E-state index is 13.6. The van der Waals surface area contributed by atoms with Gasteiger partial charge in [0.1, 0.15) is 11.9 Å². The Morgan fingerprint density at radius 1 is 1.20 bits per heavy atom. The van der Waals surface area contributed by atoms with Crippen LogP contribution in [0.2, 0.25) is 0 Å². The second-order valence-electron chi connectivity index (χ2n) is 14.6. The number of thioether (sulfide) groups is 1. The molecule has 41 heavy (non-hydrogen) atoms. The SMILES string of the molecule is C=C[C@]1(C)C[C@@H](OC(=O)CSCC2CCN(C(=O)C(N)C(C)C)CC2)[C@]2(C)C(C)CCC3(CCC(=O)C32)[C@@H](C)C1O. The molecule has 7 nitrogen and oxygen atoms in total. The number of aliphatic hydroxyl groups is 1. The predicted molar refractivity (Wildman–Crippen MR) is 164 cm³/mol. The van der Waals surface area contributed by atoms with Crippen molar-refractivity contribution in [2.75, 3.05) is 24.6 Å². The number of ketones is 1. The summed E-state index contributed by atoms with van der Waals surface area (Å²) in [4.78, 5) is 41.4. The van der Waals surface area contributed by atoms with E-state index < -0.39 is 29.1 Å². The fourth-order valence-corrected chi connectivity index (χ4v) is 9.84. The van der Waals surface area contributed by atoms with Gasteiger partial charge in [0.25, 0.3) is 0 Å². The Morgan fingerprint density at radius 2 is 1.85 bits per heavy atom. The molecule has 3 aliphatic carbocycles. The molecule has 232 valence electrons. The van der Waals surface area contributed by atoms with Crippen molar-refractivity contribution in [2.24, 2.45) is 51.6 Å². The quantitative estimate of drug-likeness (QED) is 0.307. The van der Waals surface area contributed by atoms with E-state index in [2.05, 4.69) is 27.4 Å². The highest BCUT2D eigenvalue weighted by Crippen LogP contribution is 2.68. The first-order valence-corrected chi connectivity index (χ1v) is 17.0. The van der Waals surface area contributed by atoms with Crippen LogP contribution < -0.4 is 5.73 Å². The molecule has 0 aromatic carbocycles. The minimum atomic E-state index is -0.658. The highest BCUT2D eigenvalue weighted by atomic mass is 32.2. The maximum Gasteiger partial charge on any atom is 0.316 e. The Labute approximate surface area is 251 Å².